The second-order valence-electron chi connectivity index (χ2n) is 3.96. The van der Waals surface area contributed by atoms with Crippen LogP contribution in [0.5, 0.6) is 5.75 Å². The molecule has 0 bridgehead atoms. The molecular weight excluding hydrogens is 218 g/mol. The maximum atomic E-state index is 10.7. The Morgan fingerprint density at radius 1 is 1.53 bits per heavy atom. The number of rotatable bonds is 6. The summed E-state index contributed by atoms with van der Waals surface area (Å²) in [5, 5.41) is 11.7. The lowest BCUT2D eigenvalue weighted by atomic mass is 10.1. The van der Waals surface area contributed by atoms with Gasteiger partial charge in [-0.1, -0.05) is 6.07 Å². The maximum Gasteiger partial charge on any atom is 0.320 e. The Morgan fingerprint density at radius 2 is 2.24 bits per heavy atom. The average molecular weight is 237 g/mol. The van der Waals surface area contributed by atoms with Gasteiger partial charge in [0.2, 0.25) is 0 Å². The van der Waals surface area contributed by atoms with Crippen LogP contribution in [0.15, 0.2) is 18.2 Å². The van der Waals surface area contributed by atoms with E-state index in [1.807, 2.05) is 32.0 Å². The zero-order valence-corrected chi connectivity index (χ0v) is 10.5. The van der Waals surface area contributed by atoms with Gasteiger partial charge in [0.25, 0.3) is 0 Å². The molecule has 1 aromatic rings. The average Bonchev–Trinajstić information content (AvgIpc) is 2.27. The quantitative estimate of drug-likeness (QED) is 0.794. The normalized spacial score (nSPS) is 12.2. The van der Waals surface area contributed by atoms with Crippen LogP contribution in [0.3, 0.4) is 0 Å². The van der Waals surface area contributed by atoms with Crippen molar-refractivity contribution in [2.75, 3.05) is 6.61 Å². The molecule has 4 nitrogen and oxygen atoms in total. The highest BCUT2D eigenvalue weighted by atomic mass is 16.5. The first-order valence-electron chi connectivity index (χ1n) is 5.73. The van der Waals surface area contributed by atoms with Gasteiger partial charge < -0.3 is 15.2 Å². The lowest BCUT2D eigenvalue weighted by Crippen LogP contribution is -2.33. The van der Waals surface area contributed by atoms with Gasteiger partial charge >= 0.3 is 5.97 Å². The van der Waals surface area contributed by atoms with Crippen molar-refractivity contribution in [2.24, 2.45) is 0 Å². The van der Waals surface area contributed by atoms with Gasteiger partial charge in [0.15, 0.2) is 0 Å². The van der Waals surface area contributed by atoms with Gasteiger partial charge in [0.1, 0.15) is 11.8 Å². The van der Waals surface area contributed by atoms with Crippen LogP contribution in [-0.2, 0) is 11.3 Å². The molecule has 0 aliphatic carbocycles. The van der Waals surface area contributed by atoms with E-state index in [0.29, 0.717) is 13.2 Å². The minimum atomic E-state index is -0.839. The third kappa shape index (κ3) is 4.07. The fraction of sp³-hybridized carbons (Fsp3) is 0.462. The highest BCUT2D eigenvalue weighted by Gasteiger charge is 2.10. The minimum absolute atomic E-state index is 0.541. The number of carboxylic acids is 1. The molecule has 0 amide bonds. The molecule has 0 spiro atoms. The van der Waals surface area contributed by atoms with Crippen molar-refractivity contribution < 1.29 is 14.6 Å². The van der Waals surface area contributed by atoms with E-state index >= 15 is 0 Å². The topological polar surface area (TPSA) is 58.6 Å². The van der Waals surface area contributed by atoms with E-state index in [1.165, 1.54) is 0 Å². The molecule has 1 aromatic carbocycles. The first-order valence-corrected chi connectivity index (χ1v) is 5.73. The first-order chi connectivity index (χ1) is 8.04. The van der Waals surface area contributed by atoms with Crippen LogP contribution < -0.4 is 10.1 Å². The highest BCUT2D eigenvalue weighted by Crippen LogP contribution is 2.17. The molecule has 1 rings (SSSR count). The van der Waals surface area contributed by atoms with Crippen LogP contribution in [0, 0.1) is 6.92 Å². The van der Waals surface area contributed by atoms with E-state index < -0.39 is 12.0 Å². The summed E-state index contributed by atoms with van der Waals surface area (Å²) in [5.74, 6) is 0.00798. The van der Waals surface area contributed by atoms with E-state index in [2.05, 4.69) is 5.32 Å². The highest BCUT2D eigenvalue weighted by molar-refractivity contribution is 5.72. The largest absolute Gasteiger partial charge is 0.494 e. The van der Waals surface area contributed by atoms with Gasteiger partial charge in [0, 0.05) is 6.54 Å². The number of carboxylic acid groups (broad SMARTS) is 1. The second-order valence-corrected chi connectivity index (χ2v) is 3.96. The summed E-state index contributed by atoms with van der Waals surface area (Å²) < 4.78 is 5.39. The van der Waals surface area contributed by atoms with E-state index in [-0.39, 0.29) is 0 Å². The number of aliphatic carboxylic acids is 1. The molecule has 0 aromatic heterocycles. The standard InChI is InChI=1S/C13H19NO3/c1-4-17-12-6-5-11(9(2)7-12)8-14-10(3)13(15)16/h5-7,10,14H,4,8H2,1-3H3,(H,15,16)/t10-/m1/s1. The molecule has 4 heteroatoms. The summed E-state index contributed by atoms with van der Waals surface area (Å²) in [6, 6.07) is 5.29. The number of benzene rings is 1. The summed E-state index contributed by atoms with van der Waals surface area (Å²) in [7, 11) is 0. The minimum Gasteiger partial charge on any atom is -0.494 e. The Labute approximate surface area is 102 Å². The van der Waals surface area contributed by atoms with E-state index in [1.54, 1.807) is 6.92 Å². The molecule has 17 heavy (non-hydrogen) atoms. The second kappa shape index (κ2) is 6.25. The van der Waals surface area contributed by atoms with Crippen molar-refractivity contribution >= 4 is 5.97 Å². The lowest BCUT2D eigenvalue weighted by Gasteiger charge is -2.12. The Bertz CT molecular complexity index is 390. The maximum absolute atomic E-state index is 10.7. The zero-order valence-electron chi connectivity index (χ0n) is 10.5. The predicted octanol–water partition coefficient (Wildman–Crippen LogP) is 1.96. The van der Waals surface area contributed by atoms with Crippen LogP contribution in [0.4, 0.5) is 0 Å². The molecule has 0 radical (unpaired) electrons. The first kappa shape index (κ1) is 13.5. The smallest absolute Gasteiger partial charge is 0.320 e. The molecule has 0 saturated carbocycles. The van der Waals surface area contributed by atoms with E-state index in [4.69, 9.17) is 9.84 Å². The van der Waals surface area contributed by atoms with Crippen LogP contribution in [0.1, 0.15) is 25.0 Å². The number of nitrogens with one attached hydrogen (secondary N) is 1. The SMILES string of the molecule is CCOc1ccc(CN[C@H](C)C(=O)O)c(C)c1. The number of aryl methyl sites for hydroxylation is 1. The third-order valence-electron chi connectivity index (χ3n) is 2.59. The summed E-state index contributed by atoms with van der Waals surface area (Å²) >= 11 is 0. The van der Waals surface area contributed by atoms with Crippen molar-refractivity contribution in [3.05, 3.63) is 29.3 Å². The molecule has 1 atom stereocenters. The van der Waals surface area contributed by atoms with Crippen molar-refractivity contribution in [1.29, 1.82) is 0 Å². The Balaban J connectivity index is 2.63. The Hall–Kier alpha value is -1.55. The van der Waals surface area contributed by atoms with Crippen LogP contribution >= 0.6 is 0 Å². The third-order valence-corrected chi connectivity index (χ3v) is 2.59. The Morgan fingerprint density at radius 3 is 2.76 bits per heavy atom. The molecule has 94 valence electrons. The fourth-order valence-corrected chi connectivity index (χ4v) is 1.47. The summed E-state index contributed by atoms with van der Waals surface area (Å²) in [6.07, 6.45) is 0. The summed E-state index contributed by atoms with van der Waals surface area (Å²) in [4.78, 5) is 10.7. The molecule has 0 fully saturated rings. The van der Waals surface area contributed by atoms with Gasteiger partial charge in [-0.3, -0.25) is 4.79 Å². The van der Waals surface area contributed by atoms with Gasteiger partial charge in [-0.25, -0.2) is 0 Å². The number of hydrogen-bond donors (Lipinski definition) is 2. The molecule has 2 N–H and O–H groups in total. The lowest BCUT2D eigenvalue weighted by molar-refractivity contribution is -0.139. The predicted molar refractivity (Wildman–Crippen MR) is 66.3 cm³/mol. The molecular formula is C13H19NO3. The van der Waals surface area contributed by atoms with E-state index in [9.17, 15) is 4.79 Å². The summed E-state index contributed by atoms with van der Waals surface area (Å²) in [6.45, 7) is 6.76. The van der Waals surface area contributed by atoms with Crippen molar-refractivity contribution in [1.82, 2.24) is 5.32 Å². The molecule has 0 saturated heterocycles. The van der Waals surface area contributed by atoms with Crippen LogP contribution in [0.25, 0.3) is 0 Å². The van der Waals surface area contributed by atoms with Gasteiger partial charge in [-0.05, 0) is 44.0 Å². The molecule has 0 aliphatic heterocycles. The van der Waals surface area contributed by atoms with Gasteiger partial charge in [-0.15, -0.1) is 0 Å². The van der Waals surface area contributed by atoms with Crippen LogP contribution in [-0.4, -0.2) is 23.7 Å². The molecule has 0 heterocycles. The monoisotopic (exact) mass is 237 g/mol. The van der Waals surface area contributed by atoms with Gasteiger partial charge in [-0.2, -0.15) is 0 Å². The number of hydrogen-bond acceptors (Lipinski definition) is 3. The zero-order chi connectivity index (χ0) is 12.8. The Kier molecular flexibility index (Phi) is 4.97. The number of carbonyl (C=O) groups is 1. The van der Waals surface area contributed by atoms with Crippen molar-refractivity contribution in [2.45, 2.75) is 33.4 Å². The fourth-order valence-electron chi connectivity index (χ4n) is 1.47. The van der Waals surface area contributed by atoms with E-state index in [0.717, 1.165) is 16.9 Å². The van der Waals surface area contributed by atoms with Crippen molar-refractivity contribution in [3.63, 3.8) is 0 Å². The number of ether oxygens (including phenoxy) is 1. The van der Waals surface area contributed by atoms with Gasteiger partial charge in [0.05, 0.1) is 6.61 Å². The van der Waals surface area contributed by atoms with Crippen molar-refractivity contribution in [3.8, 4) is 5.75 Å². The summed E-state index contributed by atoms with van der Waals surface area (Å²) in [5.41, 5.74) is 2.18. The molecule has 0 aliphatic rings. The van der Waals surface area contributed by atoms with Crippen LogP contribution in [0.2, 0.25) is 0 Å². The molecule has 0 unspecified atom stereocenters.